The van der Waals surface area contributed by atoms with Crippen LogP contribution in [0.15, 0.2) is 18.2 Å². The van der Waals surface area contributed by atoms with Crippen molar-refractivity contribution < 1.29 is 9.90 Å². The van der Waals surface area contributed by atoms with E-state index in [4.69, 9.17) is 22.0 Å². The van der Waals surface area contributed by atoms with Crippen molar-refractivity contribution in [1.82, 2.24) is 0 Å². The van der Waals surface area contributed by atoms with Gasteiger partial charge < -0.3 is 10.4 Å². The van der Waals surface area contributed by atoms with Crippen LogP contribution in [0.5, 0.6) is 0 Å². The van der Waals surface area contributed by atoms with Crippen molar-refractivity contribution in [3.63, 3.8) is 0 Å². The van der Waals surface area contributed by atoms with Crippen LogP contribution >= 0.6 is 11.6 Å². The predicted octanol–water partition coefficient (Wildman–Crippen LogP) is 2.49. The molecule has 1 unspecified atom stereocenters. The third-order valence-electron chi connectivity index (χ3n) is 2.77. The Labute approximate surface area is 104 Å². The van der Waals surface area contributed by atoms with Crippen LogP contribution in [0.4, 0.5) is 5.69 Å². The fourth-order valence-corrected chi connectivity index (χ4v) is 1.91. The fraction of sp³-hybridized carbons (Fsp3) is 0.333. The molecule has 5 heteroatoms. The standard InChI is InChI=1S/C12H11ClN2O2/c13-10-5-9(4-3-8(10)6-14)15-11(12(16)17)7-1-2-7/h3-5,7,11,15H,1-2H2,(H,16,17). The summed E-state index contributed by atoms with van der Waals surface area (Å²) >= 11 is 5.88. The van der Waals surface area contributed by atoms with Crippen LogP contribution in [0, 0.1) is 17.2 Å². The first-order valence-electron chi connectivity index (χ1n) is 5.31. The molecule has 4 nitrogen and oxygen atoms in total. The summed E-state index contributed by atoms with van der Waals surface area (Å²) in [6.45, 7) is 0. The molecule has 1 aliphatic carbocycles. The monoisotopic (exact) mass is 250 g/mol. The number of aliphatic carboxylic acids is 1. The summed E-state index contributed by atoms with van der Waals surface area (Å²) in [5.41, 5.74) is 1.02. The molecule has 0 saturated heterocycles. The van der Waals surface area contributed by atoms with Crippen LogP contribution < -0.4 is 5.32 Å². The van der Waals surface area contributed by atoms with E-state index in [9.17, 15) is 4.79 Å². The molecule has 0 aliphatic heterocycles. The Balaban J connectivity index is 2.15. The molecule has 0 amide bonds. The lowest BCUT2D eigenvalue weighted by molar-refractivity contribution is -0.138. The quantitative estimate of drug-likeness (QED) is 0.861. The summed E-state index contributed by atoms with van der Waals surface area (Å²) in [5, 5.41) is 21.1. The number of rotatable bonds is 4. The Bertz CT molecular complexity index is 492. The molecule has 1 saturated carbocycles. The first-order chi connectivity index (χ1) is 8.11. The highest BCUT2D eigenvalue weighted by Gasteiger charge is 2.36. The van der Waals surface area contributed by atoms with E-state index in [0.717, 1.165) is 12.8 Å². The number of benzene rings is 1. The fourth-order valence-electron chi connectivity index (χ4n) is 1.69. The number of carboxylic acids is 1. The summed E-state index contributed by atoms with van der Waals surface area (Å²) in [5.74, 6) is -0.657. The van der Waals surface area contributed by atoms with Crippen molar-refractivity contribution in [2.45, 2.75) is 18.9 Å². The number of carboxylic acid groups (broad SMARTS) is 1. The molecule has 1 atom stereocenters. The molecule has 1 aliphatic rings. The van der Waals surface area contributed by atoms with E-state index in [1.165, 1.54) is 0 Å². The van der Waals surface area contributed by atoms with Crippen LogP contribution in [-0.2, 0) is 4.79 Å². The van der Waals surface area contributed by atoms with Gasteiger partial charge in [-0.3, -0.25) is 0 Å². The van der Waals surface area contributed by atoms with Crippen molar-refractivity contribution in [2.75, 3.05) is 5.32 Å². The highest BCUT2D eigenvalue weighted by Crippen LogP contribution is 2.34. The van der Waals surface area contributed by atoms with Gasteiger partial charge in [-0.1, -0.05) is 11.6 Å². The molecule has 0 heterocycles. The third-order valence-corrected chi connectivity index (χ3v) is 3.08. The number of nitrogens with one attached hydrogen (secondary N) is 1. The molecular formula is C12H11ClN2O2. The Morgan fingerprint density at radius 3 is 2.76 bits per heavy atom. The minimum absolute atomic E-state index is 0.196. The normalized spacial score (nSPS) is 16.0. The predicted molar refractivity (Wildman–Crippen MR) is 63.9 cm³/mol. The van der Waals surface area contributed by atoms with Crippen LogP contribution in [0.1, 0.15) is 18.4 Å². The molecule has 17 heavy (non-hydrogen) atoms. The molecular weight excluding hydrogens is 240 g/mol. The first kappa shape index (κ1) is 11.7. The van der Waals surface area contributed by atoms with E-state index in [-0.39, 0.29) is 5.92 Å². The number of hydrogen-bond acceptors (Lipinski definition) is 3. The van der Waals surface area contributed by atoms with Gasteiger partial charge in [-0.05, 0) is 37.0 Å². The second-order valence-corrected chi connectivity index (χ2v) is 4.51. The molecule has 0 spiro atoms. The van der Waals surface area contributed by atoms with Crippen molar-refractivity contribution in [3.05, 3.63) is 28.8 Å². The second kappa shape index (κ2) is 4.64. The molecule has 0 radical (unpaired) electrons. The van der Waals surface area contributed by atoms with Gasteiger partial charge >= 0.3 is 5.97 Å². The van der Waals surface area contributed by atoms with Gasteiger partial charge in [0.1, 0.15) is 12.1 Å². The number of hydrogen-bond donors (Lipinski definition) is 2. The molecule has 1 aromatic rings. The van der Waals surface area contributed by atoms with Gasteiger partial charge in [0, 0.05) is 5.69 Å². The van der Waals surface area contributed by atoms with E-state index in [2.05, 4.69) is 5.32 Å². The number of anilines is 1. The Morgan fingerprint density at radius 2 is 2.29 bits per heavy atom. The van der Waals surface area contributed by atoms with Crippen molar-refractivity contribution in [1.29, 1.82) is 5.26 Å². The number of nitrogens with zero attached hydrogens (tertiary/aromatic N) is 1. The number of nitriles is 1. The van der Waals surface area contributed by atoms with Crippen molar-refractivity contribution >= 4 is 23.3 Å². The van der Waals surface area contributed by atoms with Gasteiger partial charge in [-0.25, -0.2) is 4.79 Å². The zero-order valence-electron chi connectivity index (χ0n) is 8.98. The summed E-state index contributed by atoms with van der Waals surface area (Å²) in [6.07, 6.45) is 1.88. The van der Waals surface area contributed by atoms with Gasteiger partial charge in [-0.15, -0.1) is 0 Å². The maximum Gasteiger partial charge on any atom is 0.326 e. The summed E-state index contributed by atoms with van der Waals surface area (Å²) < 4.78 is 0. The average Bonchev–Trinajstić information content (AvgIpc) is 3.09. The topological polar surface area (TPSA) is 73.1 Å². The molecule has 2 rings (SSSR count). The smallest absolute Gasteiger partial charge is 0.326 e. The average molecular weight is 251 g/mol. The largest absolute Gasteiger partial charge is 0.480 e. The van der Waals surface area contributed by atoms with E-state index in [1.54, 1.807) is 18.2 Å². The lowest BCUT2D eigenvalue weighted by atomic mass is 10.1. The van der Waals surface area contributed by atoms with Crippen molar-refractivity contribution in [2.24, 2.45) is 5.92 Å². The van der Waals surface area contributed by atoms with Gasteiger partial charge in [0.05, 0.1) is 10.6 Å². The molecule has 0 bridgehead atoms. The zero-order chi connectivity index (χ0) is 12.4. The summed E-state index contributed by atoms with van der Waals surface area (Å²) in [6, 6.07) is 6.22. The Hall–Kier alpha value is -1.73. The van der Waals surface area contributed by atoms with E-state index < -0.39 is 12.0 Å². The van der Waals surface area contributed by atoms with Gasteiger partial charge in [-0.2, -0.15) is 5.26 Å². The Morgan fingerprint density at radius 1 is 1.59 bits per heavy atom. The van der Waals surface area contributed by atoms with Crippen LogP contribution in [-0.4, -0.2) is 17.1 Å². The van der Waals surface area contributed by atoms with E-state index >= 15 is 0 Å². The molecule has 0 aromatic heterocycles. The number of halogens is 1. The molecule has 2 N–H and O–H groups in total. The van der Waals surface area contributed by atoms with E-state index in [1.807, 2.05) is 6.07 Å². The summed E-state index contributed by atoms with van der Waals surface area (Å²) in [7, 11) is 0. The van der Waals surface area contributed by atoms with Gasteiger partial charge in [0.25, 0.3) is 0 Å². The molecule has 1 fully saturated rings. The van der Waals surface area contributed by atoms with E-state index in [0.29, 0.717) is 16.3 Å². The maximum absolute atomic E-state index is 11.0. The lowest BCUT2D eigenvalue weighted by Crippen LogP contribution is -2.31. The third kappa shape index (κ3) is 2.69. The van der Waals surface area contributed by atoms with Gasteiger partial charge in [0.15, 0.2) is 0 Å². The highest BCUT2D eigenvalue weighted by atomic mass is 35.5. The van der Waals surface area contributed by atoms with Crippen molar-refractivity contribution in [3.8, 4) is 6.07 Å². The highest BCUT2D eigenvalue weighted by molar-refractivity contribution is 6.32. The maximum atomic E-state index is 11.0. The molecule has 1 aromatic carbocycles. The van der Waals surface area contributed by atoms with Crippen LogP contribution in [0.25, 0.3) is 0 Å². The minimum atomic E-state index is -0.854. The van der Waals surface area contributed by atoms with Crippen LogP contribution in [0.2, 0.25) is 5.02 Å². The SMILES string of the molecule is N#Cc1ccc(NC(C(=O)O)C2CC2)cc1Cl. The second-order valence-electron chi connectivity index (χ2n) is 4.10. The molecule has 88 valence electrons. The summed E-state index contributed by atoms with van der Waals surface area (Å²) in [4.78, 5) is 11.0. The van der Waals surface area contributed by atoms with Gasteiger partial charge in [0.2, 0.25) is 0 Å². The van der Waals surface area contributed by atoms with Crippen LogP contribution in [0.3, 0.4) is 0 Å². The minimum Gasteiger partial charge on any atom is -0.480 e. The Kier molecular flexibility index (Phi) is 3.21. The number of carbonyl (C=O) groups is 1. The zero-order valence-corrected chi connectivity index (χ0v) is 9.74. The first-order valence-corrected chi connectivity index (χ1v) is 5.68. The lowest BCUT2D eigenvalue weighted by Gasteiger charge is -2.15.